The molecule has 0 heterocycles. The minimum absolute atomic E-state index is 0.339. The molecule has 2 N–H and O–H groups in total. The van der Waals surface area contributed by atoms with Crippen LogP contribution in [0.25, 0.3) is 0 Å². The second-order valence-corrected chi connectivity index (χ2v) is 3.57. The summed E-state index contributed by atoms with van der Waals surface area (Å²) < 4.78 is 10.8. The monoisotopic (exact) mass is 233 g/mol. The first kappa shape index (κ1) is 13.4. The Hall–Kier alpha value is -1.66. The van der Waals surface area contributed by atoms with E-state index in [1.165, 1.54) is 0 Å². The third-order valence-corrected chi connectivity index (χ3v) is 2.27. The van der Waals surface area contributed by atoms with Gasteiger partial charge in [0.1, 0.15) is 11.5 Å². The van der Waals surface area contributed by atoms with Gasteiger partial charge in [-0.3, -0.25) is 0 Å². The summed E-state index contributed by atoms with van der Waals surface area (Å²) in [5.74, 6) is 7.39. The van der Waals surface area contributed by atoms with Gasteiger partial charge in [-0.2, -0.15) is 0 Å². The molecule has 17 heavy (non-hydrogen) atoms. The van der Waals surface area contributed by atoms with Crippen LogP contribution in [0.5, 0.6) is 11.5 Å². The molecule has 0 aliphatic carbocycles. The van der Waals surface area contributed by atoms with E-state index in [2.05, 4.69) is 18.8 Å². The first-order valence-corrected chi connectivity index (χ1v) is 5.81. The molecule has 0 saturated heterocycles. The molecule has 1 aromatic rings. The standard InChI is InChI=1S/C14H19NO2/c1-3-4-10-17-14-8-7-13(16-2)11-12(14)6-5-9-15/h7-8,11H,3-4,9-10,15H2,1-2H3. The van der Waals surface area contributed by atoms with Crippen LogP contribution in [0.15, 0.2) is 18.2 Å². The number of rotatable bonds is 5. The molecule has 0 radical (unpaired) electrons. The van der Waals surface area contributed by atoms with Crippen molar-refractivity contribution >= 4 is 0 Å². The van der Waals surface area contributed by atoms with Gasteiger partial charge in [-0.1, -0.05) is 25.2 Å². The second kappa shape index (κ2) is 7.59. The number of ether oxygens (including phenoxy) is 2. The van der Waals surface area contributed by atoms with Gasteiger partial charge in [0.2, 0.25) is 0 Å². The lowest BCUT2D eigenvalue weighted by molar-refractivity contribution is 0.308. The summed E-state index contributed by atoms with van der Waals surface area (Å²) in [7, 11) is 1.63. The number of methoxy groups -OCH3 is 1. The van der Waals surface area contributed by atoms with Gasteiger partial charge in [-0.05, 0) is 24.6 Å². The lowest BCUT2D eigenvalue weighted by Gasteiger charge is -2.09. The van der Waals surface area contributed by atoms with Gasteiger partial charge < -0.3 is 15.2 Å². The highest BCUT2D eigenvalue weighted by atomic mass is 16.5. The minimum atomic E-state index is 0.339. The topological polar surface area (TPSA) is 44.5 Å². The summed E-state index contributed by atoms with van der Waals surface area (Å²) in [6, 6.07) is 5.62. The molecular formula is C14H19NO2. The zero-order chi connectivity index (χ0) is 12.5. The smallest absolute Gasteiger partial charge is 0.135 e. The average Bonchev–Trinajstić information content (AvgIpc) is 2.37. The van der Waals surface area contributed by atoms with Crippen LogP contribution in [0.3, 0.4) is 0 Å². The van der Waals surface area contributed by atoms with Crippen molar-refractivity contribution < 1.29 is 9.47 Å². The molecule has 0 fully saturated rings. The first-order valence-electron chi connectivity index (χ1n) is 5.81. The van der Waals surface area contributed by atoms with Gasteiger partial charge in [0.15, 0.2) is 0 Å². The van der Waals surface area contributed by atoms with Gasteiger partial charge in [-0.25, -0.2) is 0 Å². The molecule has 0 aromatic heterocycles. The van der Waals surface area contributed by atoms with Crippen molar-refractivity contribution in [2.24, 2.45) is 5.73 Å². The van der Waals surface area contributed by atoms with Crippen molar-refractivity contribution in [2.75, 3.05) is 20.3 Å². The molecule has 0 aliphatic heterocycles. The fourth-order valence-electron chi connectivity index (χ4n) is 1.33. The molecule has 1 rings (SSSR count). The second-order valence-electron chi connectivity index (χ2n) is 3.57. The third-order valence-electron chi connectivity index (χ3n) is 2.27. The van der Waals surface area contributed by atoms with Gasteiger partial charge in [-0.15, -0.1) is 0 Å². The van der Waals surface area contributed by atoms with E-state index in [9.17, 15) is 0 Å². The molecule has 0 aliphatic rings. The van der Waals surface area contributed by atoms with Crippen LogP contribution in [0.4, 0.5) is 0 Å². The molecule has 0 saturated carbocycles. The number of unbranched alkanes of at least 4 members (excludes halogenated alkanes) is 1. The molecule has 0 amide bonds. The van der Waals surface area contributed by atoms with Crippen LogP contribution in [0.2, 0.25) is 0 Å². The number of benzene rings is 1. The Labute approximate surface area is 103 Å². The van der Waals surface area contributed by atoms with E-state index in [-0.39, 0.29) is 0 Å². The maximum Gasteiger partial charge on any atom is 0.135 e. The maximum absolute atomic E-state index is 5.68. The van der Waals surface area contributed by atoms with Crippen molar-refractivity contribution in [3.63, 3.8) is 0 Å². The van der Waals surface area contributed by atoms with E-state index in [1.807, 2.05) is 18.2 Å². The Morgan fingerprint density at radius 3 is 2.82 bits per heavy atom. The summed E-state index contributed by atoms with van der Waals surface area (Å²) >= 11 is 0. The molecule has 0 spiro atoms. The molecule has 3 heteroatoms. The van der Waals surface area contributed by atoms with E-state index in [1.54, 1.807) is 7.11 Å². The van der Waals surface area contributed by atoms with E-state index in [0.29, 0.717) is 13.2 Å². The van der Waals surface area contributed by atoms with Gasteiger partial charge in [0.25, 0.3) is 0 Å². The molecule has 0 bridgehead atoms. The Bertz CT molecular complexity index is 404. The van der Waals surface area contributed by atoms with Crippen LogP contribution in [0.1, 0.15) is 25.3 Å². The summed E-state index contributed by atoms with van der Waals surface area (Å²) in [5.41, 5.74) is 6.20. The summed E-state index contributed by atoms with van der Waals surface area (Å²) in [5, 5.41) is 0. The summed E-state index contributed by atoms with van der Waals surface area (Å²) in [6.07, 6.45) is 2.15. The van der Waals surface area contributed by atoms with Crippen molar-refractivity contribution in [1.82, 2.24) is 0 Å². The van der Waals surface area contributed by atoms with Crippen molar-refractivity contribution in [2.45, 2.75) is 19.8 Å². The van der Waals surface area contributed by atoms with Gasteiger partial charge >= 0.3 is 0 Å². The zero-order valence-electron chi connectivity index (χ0n) is 10.5. The zero-order valence-corrected chi connectivity index (χ0v) is 10.5. The highest BCUT2D eigenvalue weighted by Gasteiger charge is 2.03. The minimum Gasteiger partial charge on any atom is -0.497 e. The normalized spacial score (nSPS) is 9.35. The van der Waals surface area contributed by atoms with Crippen molar-refractivity contribution in [1.29, 1.82) is 0 Å². The maximum atomic E-state index is 5.68. The summed E-state index contributed by atoms with van der Waals surface area (Å²) in [6.45, 7) is 3.18. The fraction of sp³-hybridized carbons (Fsp3) is 0.429. The predicted octanol–water partition coefficient (Wildman–Crippen LogP) is 2.18. The first-order chi connectivity index (χ1) is 8.31. The van der Waals surface area contributed by atoms with Crippen LogP contribution >= 0.6 is 0 Å². The molecule has 0 unspecified atom stereocenters. The fourth-order valence-corrected chi connectivity index (χ4v) is 1.33. The average molecular weight is 233 g/mol. The van der Waals surface area contributed by atoms with Crippen molar-refractivity contribution in [3.8, 4) is 23.3 Å². The summed E-state index contributed by atoms with van der Waals surface area (Å²) in [4.78, 5) is 0. The lowest BCUT2D eigenvalue weighted by atomic mass is 10.2. The SMILES string of the molecule is CCCCOc1ccc(OC)cc1C#CCN. The number of hydrogen-bond donors (Lipinski definition) is 1. The van der Waals surface area contributed by atoms with Crippen LogP contribution in [-0.2, 0) is 0 Å². The molecule has 1 aromatic carbocycles. The van der Waals surface area contributed by atoms with Gasteiger partial charge in [0.05, 0.1) is 25.8 Å². The van der Waals surface area contributed by atoms with E-state index in [4.69, 9.17) is 15.2 Å². The highest BCUT2D eigenvalue weighted by molar-refractivity contribution is 5.50. The predicted molar refractivity (Wildman–Crippen MR) is 69.3 cm³/mol. The largest absolute Gasteiger partial charge is 0.497 e. The van der Waals surface area contributed by atoms with Crippen LogP contribution < -0.4 is 15.2 Å². The lowest BCUT2D eigenvalue weighted by Crippen LogP contribution is -1.99. The van der Waals surface area contributed by atoms with E-state index < -0.39 is 0 Å². The molecule has 0 atom stereocenters. The van der Waals surface area contributed by atoms with Crippen molar-refractivity contribution in [3.05, 3.63) is 23.8 Å². The van der Waals surface area contributed by atoms with E-state index in [0.717, 1.165) is 29.9 Å². The van der Waals surface area contributed by atoms with Crippen LogP contribution in [0, 0.1) is 11.8 Å². The third kappa shape index (κ3) is 4.38. The number of hydrogen-bond acceptors (Lipinski definition) is 3. The number of nitrogens with two attached hydrogens (primary N) is 1. The Balaban J connectivity index is 2.86. The Kier molecular flexibility index (Phi) is 5.98. The highest BCUT2D eigenvalue weighted by Crippen LogP contribution is 2.23. The van der Waals surface area contributed by atoms with E-state index >= 15 is 0 Å². The van der Waals surface area contributed by atoms with Gasteiger partial charge in [0, 0.05) is 0 Å². The van der Waals surface area contributed by atoms with Crippen LogP contribution in [-0.4, -0.2) is 20.3 Å². The quantitative estimate of drug-likeness (QED) is 0.626. The molecule has 3 nitrogen and oxygen atoms in total. The Morgan fingerprint density at radius 2 is 2.18 bits per heavy atom. The Morgan fingerprint density at radius 1 is 1.35 bits per heavy atom. The molecule has 92 valence electrons. The molecular weight excluding hydrogens is 214 g/mol.